The smallest absolute Gasteiger partial charge is 0.0950 e. The second-order valence-corrected chi connectivity index (χ2v) is 2.47. The van der Waals surface area contributed by atoms with Crippen LogP contribution in [0.4, 0.5) is 0 Å². The van der Waals surface area contributed by atoms with Crippen LogP contribution in [0.2, 0.25) is 0 Å². The van der Waals surface area contributed by atoms with Crippen LogP contribution in [-0.2, 0) is 4.84 Å². The van der Waals surface area contributed by atoms with Crippen LogP contribution in [0.3, 0.4) is 0 Å². The quantitative estimate of drug-likeness (QED) is 0.614. The topological polar surface area (TPSA) is 24.5 Å². The second-order valence-electron chi connectivity index (χ2n) is 1.72. The van der Waals surface area contributed by atoms with E-state index in [9.17, 15) is 0 Å². The summed E-state index contributed by atoms with van der Waals surface area (Å²) >= 11 is 1.41. The van der Waals surface area contributed by atoms with Gasteiger partial charge in [0.15, 0.2) is 0 Å². The summed E-state index contributed by atoms with van der Waals surface area (Å²) in [6.07, 6.45) is 5.82. The van der Waals surface area contributed by atoms with E-state index in [0.717, 1.165) is 5.70 Å². The minimum Gasteiger partial charge on any atom is -0.315 e. The lowest BCUT2D eigenvalue weighted by atomic mass is 10.4. The molecule has 0 unspecified atom stereocenters. The molecule has 1 aliphatic rings. The highest BCUT2D eigenvalue weighted by atomic mass is 32.2. The maximum Gasteiger partial charge on any atom is 0.0950 e. The first kappa shape index (κ1) is 7.50. The van der Waals surface area contributed by atoms with Crippen molar-refractivity contribution >= 4 is 12.1 Å². The van der Waals surface area contributed by atoms with E-state index >= 15 is 0 Å². The first-order valence-electron chi connectivity index (χ1n) is 2.98. The summed E-state index contributed by atoms with van der Waals surface area (Å²) in [5.41, 5.74) is 1.02. The lowest BCUT2D eigenvalue weighted by Crippen LogP contribution is -2.08. The Balaban J connectivity index is 2.56. The number of nitrogens with one attached hydrogen (secondary N) is 1. The molecule has 0 aromatic carbocycles. The minimum absolute atomic E-state index is 1.02. The van der Waals surface area contributed by atoms with Crippen LogP contribution in [0.25, 0.3) is 0 Å². The Bertz CT molecular complexity index is 167. The molecule has 0 aromatic rings. The molecule has 10 heavy (non-hydrogen) atoms. The fraction of sp³-hybridized carbons (Fsp3) is 0.333. The van der Waals surface area contributed by atoms with Gasteiger partial charge in [-0.1, -0.05) is 6.08 Å². The normalized spacial score (nSPS) is 17.8. The minimum atomic E-state index is 1.02. The SMILES string of the molecule is C/C=C/C1=CNSN1OC. The maximum absolute atomic E-state index is 4.99. The van der Waals surface area contributed by atoms with Crippen molar-refractivity contribution in [1.82, 2.24) is 9.19 Å². The van der Waals surface area contributed by atoms with Gasteiger partial charge in [0.1, 0.15) is 0 Å². The van der Waals surface area contributed by atoms with Gasteiger partial charge < -0.3 is 4.72 Å². The van der Waals surface area contributed by atoms with Gasteiger partial charge in [0, 0.05) is 6.20 Å². The highest BCUT2D eigenvalue weighted by Gasteiger charge is 2.11. The van der Waals surface area contributed by atoms with E-state index in [2.05, 4.69) is 4.72 Å². The van der Waals surface area contributed by atoms with Crippen molar-refractivity contribution in [2.45, 2.75) is 6.92 Å². The summed E-state index contributed by atoms with van der Waals surface area (Å²) in [5.74, 6) is 0. The summed E-state index contributed by atoms with van der Waals surface area (Å²) in [7, 11) is 1.64. The van der Waals surface area contributed by atoms with Gasteiger partial charge in [-0.05, 0) is 13.0 Å². The molecule has 1 aliphatic heterocycles. The van der Waals surface area contributed by atoms with E-state index in [1.165, 1.54) is 12.1 Å². The summed E-state index contributed by atoms with van der Waals surface area (Å²) in [6.45, 7) is 1.97. The molecule has 0 aromatic heterocycles. The van der Waals surface area contributed by atoms with Crippen molar-refractivity contribution in [1.29, 1.82) is 0 Å². The number of hydroxylamine groups is 1. The van der Waals surface area contributed by atoms with Crippen LogP contribution >= 0.6 is 12.1 Å². The van der Waals surface area contributed by atoms with Crippen molar-refractivity contribution in [3.63, 3.8) is 0 Å². The zero-order valence-corrected chi connectivity index (χ0v) is 6.81. The van der Waals surface area contributed by atoms with Crippen molar-refractivity contribution in [2.75, 3.05) is 7.11 Å². The van der Waals surface area contributed by atoms with E-state index < -0.39 is 0 Å². The number of rotatable bonds is 2. The van der Waals surface area contributed by atoms with Crippen LogP contribution in [0.15, 0.2) is 24.0 Å². The van der Waals surface area contributed by atoms with Gasteiger partial charge in [-0.25, -0.2) is 0 Å². The average molecular weight is 158 g/mol. The van der Waals surface area contributed by atoms with Gasteiger partial charge >= 0.3 is 0 Å². The molecule has 0 saturated heterocycles. The monoisotopic (exact) mass is 158 g/mol. The first-order chi connectivity index (χ1) is 4.88. The molecule has 0 aliphatic carbocycles. The molecule has 0 bridgehead atoms. The van der Waals surface area contributed by atoms with Gasteiger partial charge in [0.05, 0.1) is 24.9 Å². The fourth-order valence-corrected chi connectivity index (χ4v) is 1.23. The fourth-order valence-electron chi connectivity index (χ4n) is 0.662. The van der Waals surface area contributed by atoms with Crippen LogP contribution in [0.5, 0.6) is 0 Å². The molecule has 0 fully saturated rings. The third kappa shape index (κ3) is 1.46. The molecule has 3 nitrogen and oxygen atoms in total. The first-order valence-corrected chi connectivity index (χ1v) is 3.75. The second kappa shape index (κ2) is 3.53. The molecule has 0 saturated carbocycles. The Morgan fingerprint density at radius 1 is 1.80 bits per heavy atom. The van der Waals surface area contributed by atoms with Crippen LogP contribution in [-0.4, -0.2) is 11.6 Å². The van der Waals surface area contributed by atoms with Gasteiger partial charge in [0.2, 0.25) is 0 Å². The molecule has 4 heteroatoms. The Hall–Kier alpha value is -0.610. The summed E-state index contributed by atoms with van der Waals surface area (Å²) < 4.78 is 4.66. The number of nitrogens with zero attached hydrogens (tertiary/aromatic N) is 1. The zero-order chi connectivity index (χ0) is 7.40. The highest BCUT2D eigenvalue weighted by Crippen LogP contribution is 2.20. The van der Waals surface area contributed by atoms with Crippen molar-refractivity contribution in [3.05, 3.63) is 24.0 Å². The lowest BCUT2D eigenvalue weighted by molar-refractivity contribution is -0.00131. The van der Waals surface area contributed by atoms with E-state index in [0.29, 0.717) is 0 Å². The third-order valence-corrected chi connectivity index (χ3v) is 1.81. The maximum atomic E-state index is 4.99. The Kier molecular flexibility index (Phi) is 2.65. The van der Waals surface area contributed by atoms with Gasteiger partial charge in [-0.3, -0.25) is 4.84 Å². The Labute approximate surface area is 65.0 Å². The predicted molar refractivity (Wildman–Crippen MR) is 42.5 cm³/mol. The number of hydrogen-bond acceptors (Lipinski definition) is 4. The molecule has 0 atom stereocenters. The molecular formula is C6H10N2OS. The molecule has 1 heterocycles. The predicted octanol–water partition coefficient (Wildman–Crippen LogP) is 1.43. The standard InChI is InChI=1S/C6H10N2OS/c1-3-4-6-5-7-10-8(6)9-2/h3-5,7H,1-2H3/b4-3+. The van der Waals surface area contributed by atoms with Crippen LogP contribution in [0, 0.1) is 0 Å². The van der Waals surface area contributed by atoms with Crippen molar-refractivity contribution < 1.29 is 4.84 Å². The number of allylic oxidation sites excluding steroid dienone is 2. The van der Waals surface area contributed by atoms with Gasteiger partial charge in [-0.15, -0.1) is 0 Å². The van der Waals surface area contributed by atoms with Crippen molar-refractivity contribution in [2.24, 2.45) is 0 Å². The Morgan fingerprint density at radius 2 is 2.60 bits per heavy atom. The van der Waals surface area contributed by atoms with Gasteiger partial charge in [0.25, 0.3) is 0 Å². The molecular weight excluding hydrogens is 148 g/mol. The van der Waals surface area contributed by atoms with Crippen LogP contribution < -0.4 is 4.72 Å². The summed E-state index contributed by atoms with van der Waals surface area (Å²) in [6, 6.07) is 0. The number of hydrogen-bond donors (Lipinski definition) is 1. The highest BCUT2D eigenvalue weighted by molar-refractivity contribution is 7.95. The molecule has 0 spiro atoms. The molecule has 56 valence electrons. The van der Waals surface area contributed by atoms with E-state index in [4.69, 9.17) is 4.84 Å². The zero-order valence-electron chi connectivity index (χ0n) is 6.00. The molecule has 0 amide bonds. The molecule has 1 rings (SSSR count). The third-order valence-electron chi connectivity index (χ3n) is 1.06. The lowest BCUT2D eigenvalue weighted by Gasteiger charge is -2.11. The van der Waals surface area contributed by atoms with E-state index in [1.54, 1.807) is 11.6 Å². The van der Waals surface area contributed by atoms with Crippen molar-refractivity contribution in [3.8, 4) is 0 Å². The van der Waals surface area contributed by atoms with E-state index in [-0.39, 0.29) is 0 Å². The van der Waals surface area contributed by atoms with E-state index in [1.807, 2.05) is 25.3 Å². The average Bonchev–Trinajstić information content (AvgIpc) is 2.36. The largest absolute Gasteiger partial charge is 0.315 e. The Morgan fingerprint density at radius 3 is 3.20 bits per heavy atom. The molecule has 0 radical (unpaired) electrons. The van der Waals surface area contributed by atoms with Crippen LogP contribution in [0.1, 0.15) is 6.92 Å². The summed E-state index contributed by atoms with van der Waals surface area (Å²) in [4.78, 5) is 4.99. The van der Waals surface area contributed by atoms with Gasteiger partial charge in [-0.2, -0.15) is 4.47 Å². The summed E-state index contributed by atoms with van der Waals surface area (Å²) in [5, 5.41) is 0. The molecule has 1 N–H and O–H groups in total.